The molecule has 1 unspecified atom stereocenters. The molecule has 1 saturated heterocycles. The second kappa shape index (κ2) is 8.69. The first-order valence-electron chi connectivity index (χ1n) is 10.1. The molecule has 1 fully saturated rings. The van der Waals surface area contributed by atoms with Crippen LogP contribution in [0.3, 0.4) is 0 Å². The topological polar surface area (TPSA) is 89.0 Å². The summed E-state index contributed by atoms with van der Waals surface area (Å²) in [5.74, 6) is 1.30. The molecule has 2 heterocycles. The van der Waals surface area contributed by atoms with E-state index in [1.165, 1.54) is 5.56 Å². The van der Waals surface area contributed by atoms with Gasteiger partial charge in [0, 0.05) is 11.1 Å². The molecule has 0 bridgehead atoms. The van der Waals surface area contributed by atoms with Crippen molar-refractivity contribution >= 4 is 5.97 Å². The van der Waals surface area contributed by atoms with Crippen LogP contribution < -0.4 is 15.2 Å². The lowest BCUT2D eigenvalue weighted by atomic mass is 10.0. The van der Waals surface area contributed by atoms with Crippen LogP contribution in [0.5, 0.6) is 5.75 Å². The van der Waals surface area contributed by atoms with Gasteiger partial charge in [0.1, 0.15) is 18.1 Å². The van der Waals surface area contributed by atoms with Crippen LogP contribution in [0.2, 0.25) is 0 Å². The number of aromatic nitrogens is 1. The number of nitrogens with zero attached hydrogens (tertiary/aromatic N) is 1. The number of quaternary nitrogens is 1. The van der Waals surface area contributed by atoms with Crippen LogP contribution in [0, 0.1) is 13.8 Å². The summed E-state index contributed by atoms with van der Waals surface area (Å²) in [4.78, 5) is 22.5. The van der Waals surface area contributed by atoms with Gasteiger partial charge in [-0.3, -0.25) is 0 Å². The van der Waals surface area contributed by atoms with Crippen molar-refractivity contribution in [1.29, 1.82) is 0 Å². The first kappa shape index (κ1) is 20.1. The molecule has 7 heteroatoms. The average molecular weight is 408 g/mol. The number of carbonyl (C=O) groups is 1. The van der Waals surface area contributed by atoms with Gasteiger partial charge in [0.15, 0.2) is 6.04 Å². The van der Waals surface area contributed by atoms with E-state index in [0.717, 1.165) is 40.4 Å². The van der Waals surface area contributed by atoms with Crippen LogP contribution in [0.25, 0.3) is 11.5 Å². The first-order valence-corrected chi connectivity index (χ1v) is 10.1. The molecule has 7 nitrogen and oxygen atoms in total. The van der Waals surface area contributed by atoms with E-state index in [0.29, 0.717) is 24.7 Å². The molecule has 1 aliphatic rings. The van der Waals surface area contributed by atoms with Crippen molar-refractivity contribution < 1.29 is 24.1 Å². The highest BCUT2D eigenvalue weighted by molar-refractivity contribution is 5.72. The Morgan fingerprint density at radius 3 is 2.77 bits per heavy atom. The quantitative estimate of drug-likeness (QED) is 0.496. The van der Waals surface area contributed by atoms with Gasteiger partial charge >= 0.3 is 5.97 Å². The molecule has 3 N–H and O–H groups in total. The zero-order chi connectivity index (χ0) is 21.1. The lowest BCUT2D eigenvalue weighted by Gasteiger charge is -2.34. The first-order chi connectivity index (χ1) is 14.5. The SMILES string of the molecule is Cc1ccc(-c2nc(CNOc3cccc(C[NH+]4CC[C@@H]4C(=O)O)c3)c(C)o2)cc1. The van der Waals surface area contributed by atoms with E-state index in [-0.39, 0.29) is 6.04 Å². The molecule has 1 aliphatic heterocycles. The van der Waals surface area contributed by atoms with Crippen LogP contribution in [0.1, 0.15) is 29.0 Å². The largest absolute Gasteiger partial charge is 0.477 e. The lowest BCUT2D eigenvalue weighted by molar-refractivity contribution is -0.970. The summed E-state index contributed by atoms with van der Waals surface area (Å²) in [7, 11) is 0. The molecule has 3 aromatic rings. The van der Waals surface area contributed by atoms with E-state index in [2.05, 4.69) is 10.5 Å². The van der Waals surface area contributed by atoms with Gasteiger partial charge in [0.25, 0.3) is 0 Å². The summed E-state index contributed by atoms with van der Waals surface area (Å²) < 4.78 is 5.80. The Morgan fingerprint density at radius 1 is 1.27 bits per heavy atom. The number of aliphatic carboxylic acids is 1. The van der Waals surface area contributed by atoms with Gasteiger partial charge in [0.05, 0.1) is 25.2 Å². The van der Waals surface area contributed by atoms with Crippen molar-refractivity contribution in [2.24, 2.45) is 0 Å². The van der Waals surface area contributed by atoms with Crippen molar-refractivity contribution in [1.82, 2.24) is 10.5 Å². The van der Waals surface area contributed by atoms with Crippen molar-refractivity contribution in [2.45, 2.75) is 39.4 Å². The molecule has 2 atom stereocenters. The van der Waals surface area contributed by atoms with E-state index in [1.807, 2.05) is 62.4 Å². The highest BCUT2D eigenvalue weighted by Gasteiger charge is 2.38. The van der Waals surface area contributed by atoms with Gasteiger partial charge in [0.2, 0.25) is 5.89 Å². The third kappa shape index (κ3) is 4.53. The average Bonchev–Trinajstić information content (AvgIpc) is 3.06. The van der Waals surface area contributed by atoms with Crippen LogP contribution in [0.4, 0.5) is 0 Å². The number of carboxylic acids is 1. The number of rotatable bonds is 8. The maximum absolute atomic E-state index is 11.2. The Morgan fingerprint density at radius 2 is 2.07 bits per heavy atom. The summed E-state index contributed by atoms with van der Waals surface area (Å²) in [6.45, 7) is 5.90. The minimum Gasteiger partial charge on any atom is -0.477 e. The Kier molecular flexibility index (Phi) is 5.83. The van der Waals surface area contributed by atoms with Gasteiger partial charge in [-0.05, 0) is 38.1 Å². The molecule has 0 radical (unpaired) electrons. The standard InChI is InChI=1S/C23H25N3O4/c1-15-6-8-18(9-7-15)22-25-20(16(2)29-22)13-24-30-19-5-3-4-17(12-19)14-26-11-10-21(26)23(27)28/h3-9,12,21,24H,10-11,13-14H2,1-2H3,(H,27,28)/p+1/t21-/m1/s1. The molecule has 1 aromatic heterocycles. The zero-order valence-electron chi connectivity index (χ0n) is 17.1. The van der Waals surface area contributed by atoms with Gasteiger partial charge in [-0.15, -0.1) is 0 Å². The van der Waals surface area contributed by atoms with Gasteiger partial charge < -0.3 is 19.3 Å². The molecular formula is C23H26N3O4+. The molecule has 0 saturated carbocycles. The predicted molar refractivity (Wildman–Crippen MR) is 111 cm³/mol. The van der Waals surface area contributed by atoms with Gasteiger partial charge in [-0.1, -0.05) is 29.8 Å². The Labute approximate surface area is 175 Å². The third-order valence-electron chi connectivity index (χ3n) is 5.50. The molecule has 0 aliphatic carbocycles. The van der Waals surface area contributed by atoms with Crippen molar-refractivity contribution in [2.75, 3.05) is 6.54 Å². The summed E-state index contributed by atoms with van der Waals surface area (Å²) in [5.41, 5.74) is 6.91. The maximum atomic E-state index is 11.2. The number of aryl methyl sites for hydroxylation is 2. The number of nitrogens with one attached hydrogen (secondary N) is 2. The zero-order valence-corrected chi connectivity index (χ0v) is 17.1. The van der Waals surface area contributed by atoms with Crippen LogP contribution in [-0.2, 0) is 17.9 Å². The second-order valence-electron chi connectivity index (χ2n) is 7.72. The molecule has 0 amide bonds. The monoisotopic (exact) mass is 408 g/mol. The fourth-order valence-corrected chi connectivity index (χ4v) is 3.58. The maximum Gasteiger partial charge on any atom is 0.362 e. The number of hydrogen-bond donors (Lipinski definition) is 3. The Hall–Kier alpha value is -3.16. The summed E-state index contributed by atoms with van der Waals surface area (Å²) in [6, 6.07) is 15.5. The summed E-state index contributed by atoms with van der Waals surface area (Å²) in [6.07, 6.45) is 0.740. The highest BCUT2D eigenvalue weighted by atomic mass is 16.6. The van der Waals surface area contributed by atoms with Crippen LogP contribution >= 0.6 is 0 Å². The van der Waals surface area contributed by atoms with Gasteiger partial charge in [-0.2, -0.15) is 5.48 Å². The molecular weight excluding hydrogens is 382 g/mol. The van der Waals surface area contributed by atoms with E-state index < -0.39 is 5.97 Å². The van der Waals surface area contributed by atoms with E-state index >= 15 is 0 Å². The Balaban J connectivity index is 1.33. The van der Waals surface area contributed by atoms with Crippen LogP contribution in [0.15, 0.2) is 52.9 Å². The number of benzene rings is 2. The molecule has 156 valence electrons. The smallest absolute Gasteiger partial charge is 0.362 e. The van der Waals surface area contributed by atoms with Gasteiger partial charge in [-0.25, -0.2) is 9.78 Å². The number of hydroxylamine groups is 1. The predicted octanol–water partition coefficient (Wildman–Crippen LogP) is 2.28. The number of hydrogen-bond acceptors (Lipinski definition) is 5. The minimum atomic E-state index is -0.724. The van der Waals surface area contributed by atoms with Crippen molar-refractivity contribution in [3.63, 3.8) is 0 Å². The molecule has 30 heavy (non-hydrogen) atoms. The van der Waals surface area contributed by atoms with E-state index in [4.69, 9.17) is 9.25 Å². The van der Waals surface area contributed by atoms with Crippen molar-refractivity contribution in [3.05, 3.63) is 71.1 Å². The number of carboxylic acid groups (broad SMARTS) is 1. The molecule has 2 aromatic carbocycles. The minimum absolute atomic E-state index is 0.300. The van der Waals surface area contributed by atoms with E-state index in [9.17, 15) is 9.90 Å². The summed E-state index contributed by atoms with van der Waals surface area (Å²) in [5, 5.41) is 9.20. The molecule has 4 rings (SSSR count). The molecule has 0 spiro atoms. The number of oxazole rings is 1. The third-order valence-corrected chi connectivity index (χ3v) is 5.50. The fourth-order valence-electron chi connectivity index (χ4n) is 3.58. The van der Waals surface area contributed by atoms with E-state index in [1.54, 1.807) is 0 Å². The normalized spacial score (nSPS) is 18.1. The summed E-state index contributed by atoms with van der Waals surface area (Å²) >= 11 is 0. The van der Waals surface area contributed by atoms with Crippen molar-refractivity contribution in [3.8, 4) is 17.2 Å². The number of likely N-dealkylation sites (tertiary alicyclic amines) is 1. The Bertz CT molecular complexity index is 1030. The second-order valence-corrected chi connectivity index (χ2v) is 7.72. The lowest BCUT2D eigenvalue weighted by Crippen LogP contribution is -3.21. The van der Waals surface area contributed by atoms with Crippen LogP contribution in [-0.4, -0.2) is 28.6 Å². The fraction of sp³-hybridized carbons (Fsp3) is 0.304. The highest BCUT2D eigenvalue weighted by Crippen LogP contribution is 2.22.